The summed E-state index contributed by atoms with van der Waals surface area (Å²) in [7, 11) is 0. The molecule has 10 aromatic rings. The summed E-state index contributed by atoms with van der Waals surface area (Å²) in [6.45, 7) is 0. The van der Waals surface area contributed by atoms with Gasteiger partial charge in [-0.3, -0.25) is 0 Å². The van der Waals surface area contributed by atoms with Crippen LogP contribution in [0.5, 0.6) is 0 Å². The molecule has 3 aromatic heterocycles. The molecule has 0 N–H and O–H groups in total. The van der Waals surface area contributed by atoms with Crippen molar-refractivity contribution in [1.82, 2.24) is 19.9 Å². The average molecular weight is 643 g/mol. The van der Waals surface area contributed by atoms with Crippen molar-refractivity contribution in [2.24, 2.45) is 0 Å². The van der Waals surface area contributed by atoms with Gasteiger partial charge in [0.15, 0.2) is 23.1 Å². The number of hydrogen-bond acceptors (Lipinski definition) is 6. The van der Waals surface area contributed by atoms with Gasteiger partial charge in [-0.05, 0) is 64.4 Å². The van der Waals surface area contributed by atoms with Crippen molar-refractivity contribution in [2.45, 2.75) is 0 Å². The van der Waals surface area contributed by atoms with Crippen molar-refractivity contribution in [2.75, 3.05) is 0 Å². The molecule has 0 aliphatic carbocycles. The van der Waals surface area contributed by atoms with Crippen LogP contribution in [-0.4, -0.2) is 19.9 Å². The van der Waals surface area contributed by atoms with Crippen LogP contribution < -0.4 is 0 Å². The molecule has 6 heteroatoms. The molecule has 10 rings (SSSR count). The highest BCUT2D eigenvalue weighted by Gasteiger charge is 2.18. The highest BCUT2D eigenvalue weighted by Crippen LogP contribution is 2.37. The average Bonchev–Trinajstić information content (AvgIpc) is 3.77. The maximum Gasteiger partial charge on any atom is 0.227 e. The Kier molecular flexibility index (Phi) is 6.39. The van der Waals surface area contributed by atoms with Gasteiger partial charge in [-0.1, -0.05) is 109 Å². The van der Waals surface area contributed by atoms with Crippen molar-refractivity contribution in [1.29, 1.82) is 0 Å². The van der Waals surface area contributed by atoms with Crippen LogP contribution in [0.1, 0.15) is 0 Å². The van der Waals surface area contributed by atoms with Crippen molar-refractivity contribution in [3.63, 3.8) is 0 Å². The summed E-state index contributed by atoms with van der Waals surface area (Å²) in [5, 5.41) is 4.23. The molecule has 6 nitrogen and oxygen atoms in total. The molecular weight excluding hydrogens is 617 g/mol. The molecule has 0 spiro atoms. The van der Waals surface area contributed by atoms with Gasteiger partial charge in [0.25, 0.3) is 0 Å². The van der Waals surface area contributed by atoms with Gasteiger partial charge >= 0.3 is 0 Å². The fraction of sp³-hybridized carbons (Fsp3) is 0. The Bertz CT molecular complexity index is 2860. The Morgan fingerprint density at radius 2 is 0.960 bits per heavy atom. The summed E-state index contributed by atoms with van der Waals surface area (Å²) in [5.74, 6) is 2.35. The van der Waals surface area contributed by atoms with Crippen LogP contribution in [-0.2, 0) is 0 Å². The van der Waals surface area contributed by atoms with Gasteiger partial charge in [0, 0.05) is 39.1 Å². The minimum absolute atomic E-state index is 0.563. The van der Waals surface area contributed by atoms with Gasteiger partial charge in [0.1, 0.15) is 16.7 Å². The predicted octanol–water partition coefficient (Wildman–Crippen LogP) is 11.4. The Labute approximate surface area is 286 Å². The standard InChI is InChI=1S/C44H26N4O2/c1-4-12-27(13-5-1)35-23-32(22-30-18-10-11-19-33(30)35)43-47-41(28-14-6-2-7-15-28)46-42(48-43)31-20-21-34-36-25-40-37(26-39(36)49-38(34)24-31)45-44(50-40)29-16-8-3-9-17-29/h1-26H. The largest absolute Gasteiger partial charge is 0.456 e. The molecule has 0 unspecified atom stereocenters. The zero-order valence-corrected chi connectivity index (χ0v) is 26.6. The third-order valence-electron chi connectivity index (χ3n) is 9.13. The van der Waals surface area contributed by atoms with E-state index >= 15 is 0 Å². The van der Waals surface area contributed by atoms with Crippen molar-refractivity contribution >= 4 is 43.8 Å². The van der Waals surface area contributed by atoms with Gasteiger partial charge in [0.2, 0.25) is 5.89 Å². The van der Waals surface area contributed by atoms with Crippen LogP contribution in [0.4, 0.5) is 0 Å². The maximum absolute atomic E-state index is 6.43. The number of rotatable bonds is 5. The third kappa shape index (κ3) is 4.81. The summed E-state index contributed by atoms with van der Waals surface area (Å²) in [5.41, 5.74) is 8.78. The summed E-state index contributed by atoms with van der Waals surface area (Å²) in [4.78, 5) is 19.8. The van der Waals surface area contributed by atoms with Crippen molar-refractivity contribution < 1.29 is 8.83 Å². The van der Waals surface area contributed by atoms with Crippen LogP contribution in [0.3, 0.4) is 0 Å². The number of furan rings is 1. The summed E-state index contributed by atoms with van der Waals surface area (Å²) < 4.78 is 12.6. The molecule has 0 saturated carbocycles. The first-order valence-electron chi connectivity index (χ1n) is 16.5. The first-order valence-corrected chi connectivity index (χ1v) is 16.5. The number of oxazole rings is 1. The topological polar surface area (TPSA) is 77.8 Å². The Morgan fingerprint density at radius 1 is 0.340 bits per heavy atom. The monoisotopic (exact) mass is 642 g/mol. The minimum atomic E-state index is 0.563. The van der Waals surface area contributed by atoms with Crippen LogP contribution in [0.25, 0.3) is 101 Å². The van der Waals surface area contributed by atoms with E-state index in [1.165, 1.54) is 5.39 Å². The summed E-state index contributed by atoms with van der Waals surface area (Å²) in [6.07, 6.45) is 0. The predicted molar refractivity (Wildman–Crippen MR) is 199 cm³/mol. The van der Waals surface area contributed by atoms with E-state index in [4.69, 9.17) is 28.8 Å². The fourth-order valence-electron chi connectivity index (χ4n) is 6.69. The lowest BCUT2D eigenvalue weighted by Gasteiger charge is -2.12. The van der Waals surface area contributed by atoms with E-state index in [-0.39, 0.29) is 0 Å². The zero-order valence-electron chi connectivity index (χ0n) is 26.6. The number of aromatic nitrogens is 4. The molecule has 0 radical (unpaired) electrons. The first-order chi connectivity index (χ1) is 24.7. The highest BCUT2D eigenvalue weighted by molar-refractivity contribution is 6.09. The number of benzene rings is 7. The van der Waals surface area contributed by atoms with Gasteiger partial charge in [-0.15, -0.1) is 0 Å². The summed E-state index contributed by atoms with van der Waals surface area (Å²) >= 11 is 0. The van der Waals surface area contributed by atoms with Crippen molar-refractivity contribution in [3.8, 4) is 56.7 Å². The lowest BCUT2D eigenvalue weighted by Crippen LogP contribution is -2.00. The second-order valence-corrected chi connectivity index (χ2v) is 12.3. The molecule has 0 amide bonds. The first kappa shape index (κ1) is 28.1. The zero-order chi connectivity index (χ0) is 33.0. The van der Waals surface area contributed by atoms with E-state index in [1.807, 2.05) is 91.0 Å². The Balaban J connectivity index is 1.12. The molecule has 7 aromatic carbocycles. The molecule has 0 bridgehead atoms. The SMILES string of the molecule is c1ccc(-c2nc(-c3cc(-c4ccccc4)c4ccccc4c3)nc(-c3ccc4c(c3)oc3cc5nc(-c6ccccc6)oc5cc34)n2)cc1. The van der Waals surface area contributed by atoms with Gasteiger partial charge in [0.05, 0.1) is 0 Å². The van der Waals surface area contributed by atoms with Crippen LogP contribution in [0.2, 0.25) is 0 Å². The lowest BCUT2D eigenvalue weighted by molar-refractivity contribution is 0.620. The maximum atomic E-state index is 6.43. The quantitative estimate of drug-likeness (QED) is 0.186. The second kappa shape index (κ2) is 11.4. The second-order valence-electron chi connectivity index (χ2n) is 12.3. The van der Waals surface area contributed by atoms with Crippen LogP contribution in [0, 0.1) is 0 Å². The molecule has 3 heterocycles. The molecular formula is C44H26N4O2. The number of hydrogen-bond donors (Lipinski definition) is 0. The molecule has 0 aliphatic heterocycles. The smallest absolute Gasteiger partial charge is 0.227 e. The molecule has 0 fully saturated rings. The van der Waals surface area contributed by atoms with E-state index in [2.05, 4.69) is 66.7 Å². The molecule has 234 valence electrons. The number of nitrogens with zero attached hydrogens (tertiary/aromatic N) is 4. The summed E-state index contributed by atoms with van der Waals surface area (Å²) in [6, 6.07) is 53.2. The van der Waals surface area contributed by atoms with Gasteiger partial charge in [-0.2, -0.15) is 0 Å². The number of fused-ring (bicyclic) bond motifs is 5. The van der Waals surface area contributed by atoms with Crippen molar-refractivity contribution in [3.05, 3.63) is 158 Å². The van der Waals surface area contributed by atoms with E-state index in [0.29, 0.717) is 28.9 Å². The van der Waals surface area contributed by atoms with E-state index in [0.717, 1.165) is 66.2 Å². The van der Waals surface area contributed by atoms with Crippen LogP contribution >= 0.6 is 0 Å². The van der Waals surface area contributed by atoms with Crippen LogP contribution in [0.15, 0.2) is 167 Å². The molecule has 50 heavy (non-hydrogen) atoms. The minimum Gasteiger partial charge on any atom is -0.456 e. The van der Waals surface area contributed by atoms with Gasteiger partial charge in [-0.25, -0.2) is 19.9 Å². The molecule has 0 saturated heterocycles. The Hall–Kier alpha value is -6.92. The lowest BCUT2D eigenvalue weighted by atomic mass is 9.95. The van der Waals surface area contributed by atoms with E-state index in [1.54, 1.807) is 0 Å². The molecule has 0 atom stereocenters. The van der Waals surface area contributed by atoms with E-state index < -0.39 is 0 Å². The van der Waals surface area contributed by atoms with E-state index in [9.17, 15) is 0 Å². The fourth-order valence-corrected chi connectivity index (χ4v) is 6.69. The molecule has 0 aliphatic rings. The van der Waals surface area contributed by atoms with Gasteiger partial charge < -0.3 is 8.83 Å². The normalized spacial score (nSPS) is 11.6. The Morgan fingerprint density at radius 3 is 1.72 bits per heavy atom. The third-order valence-corrected chi connectivity index (χ3v) is 9.13. The highest BCUT2D eigenvalue weighted by atomic mass is 16.4.